The van der Waals surface area contributed by atoms with E-state index < -0.39 is 0 Å². The number of carbonyl (C=O) groups is 1. The lowest BCUT2D eigenvalue weighted by molar-refractivity contribution is -0.115. The standard InChI is InChI=1S/C13H15N3O2S2/c1-3-18-11-7-5-4-6-10(11)15-12(17)9(2)20-13-16-14-8-19-13/h4-9H,3H2,1-2H3,(H,15,17)/t9-/m0/s1. The number of hydrogen-bond donors (Lipinski definition) is 1. The fourth-order valence-electron chi connectivity index (χ4n) is 1.50. The zero-order valence-corrected chi connectivity index (χ0v) is 12.8. The van der Waals surface area contributed by atoms with Gasteiger partial charge in [0.2, 0.25) is 5.91 Å². The fraction of sp³-hybridized carbons (Fsp3) is 0.308. The van der Waals surface area contributed by atoms with E-state index in [0.29, 0.717) is 18.0 Å². The predicted molar refractivity (Wildman–Crippen MR) is 81.5 cm³/mol. The normalized spacial score (nSPS) is 11.9. The van der Waals surface area contributed by atoms with Crippen molar-refractivity contribution >= 4 is 34.7 Å². The Kier molecular flexibility index (Phi) is 5.37. The molecule has 2 aromatic rings. The highest BCUT2D eigenvalue weighted by atomic mass is 32.2. The average molecular weight is 309 g/mol. The highest BCUT2D eigenvalue weighted by Gasteiger charge is 2.17. The van der Waals surface area contributed by atoms with Gasteiger partial charge in [0.15, 0.2) is 4.34 Å². The number of aromatic nitrogens is 2. The molecular weight excluding hydrogens is 294 g/mol. The van der Waals surface area contributed by atoms with Crippen molar-refractivity contribution in [3.63, 3.8) is 0 Å². The minimum Gasteiger partial charge on any atom is -0.492 e. The van der Waals surface area contributed by atoms with Crippen LogP contribution in [0.1, 0.15) is 13.8 Å². The summed E-state index contributed by atoms with van der Waals surface area (Å²) in [5, 5.41) is 10.3. The van der Waals surface area contributed by atoms with Crippen molar-refractivity contribution in [2.24, 2.45) is 0 Å². The van der Waals surface area contributed by atoms with Crippen LogP contribution >= 0.6 is 23.1 Å². The Morgan fingerprint density at radius 2 is 2.30 bits per heavy atom. The van der Waals surface area contributed by atoms with Gasteiger partial charge in [-0.05, 0) is 26.0 Å². The Morgan fingerprint density at radius 3 is 3.00 bits per heavy atom. The number of hydrogen-bond acceptors (Lipinski definition) is 6. The lowest BCUT2D eigenvalue weighted by Gasteiger charge is -2.13. The number of anilines is 1. The van der Waals surface area contributed by atoms with Crippen LogP contribution in [0.3, 0.4) is 0 Å². The van der Waals surface area contributed by atoms with Crippen LogP contribution < -0.4 is 10.1 Å². The summed E-state index contributed by atoms with van der Waals surface area (Å²) in [6.45, 7) is 4.30. The number of ether oxygens (including phenoxy) is 1. The summed E-state index contributed by atoms with van der Waals surface area (Å²) in [4.78, 5) is 12.2. The van der Waals surface area contributed by atoms with E-state index in [9.17, 15) is 4.79 Å². The van der Waals surface area contributed by atoms with Crippen LogP contribution in [0, 0.1) is 0 Å². The molecule has 0 saturated carbocycles. The van der Waals surface area contributed by atoms with Crippen LogP contribution in [-0.2, 0) is 4.79 Å². The second-order valence-corrected chi connectivity index (χ2v) is 6.30. The fourth-order valence-corrected chi connectivity index (χ4v) is 3.13. The molecule has 1 heterocycles. The smallest absolute Gasteiger partial charge is 0.237 e. The van der Waals surface area contributed by atoms with E-state index in [1.165, 1.54) is 23.1 Å². The van der Waals surface area contributed by atoms with E-state index in [2.05, 4.69) is 15.5 Å². The maximum atomic E-state index is 12.2. The van der Waals surface area contributed by atoms with Crippen LogP contribution in [-0.4, -0.2) is 28.0 Å². The van der Waals surface area contributed by atoms with Gasteiger partial charge in [-0.15, -0.1) is 10.2 Å². The Bertz CT molecular complexity index is 561. The zero-order chi connectivity index (χ0) is 14.4. The highest BCUT2D eigenvalue weighted by molar-refractivity contribution is 8.02. The number of nitrogens with zero attached hydrogens (tertiary/aromatic N) is 2. The van der Waals surface area contributed by atoms with Crippen molar-refractivity contribution in [1.82, 2.24) is 10.2 Å². The third-order valence-electron chi connectivity index (χ3n) is 2.43. The van der Waals surface area contributed by atoms with E-state index in [0.717, 1.165) is 4.34 Å². The number of para-hydroxylation sites is 2. The number of amides is 1. The summed E-state index contributed by atoms with van der Waals surface area (Å²) < 4.78 is 6.26. The molecule has 0 saturated heterocycles. The molecule has 1 atom stereocenters. The van der Waals surface area contributed by atoms with Gasteiger partial charge in [-0.3, -0.25) is 4.79 Å². The first-order valence-electron chi connectivity index (χ1n) is 6.16. The lowest BCUT2D eigenvalue weighted by atomic mass is 10.3. The summed E-state index contributed by atoms with van der Waals surface area (Å²) in [6.07, 6.45) is 0. The van der Waals surface area contributed by atoms with Gasteiger partial charge >= 0.3 is 0 Å². The van der Waals surface area contributed by atoms with E-state index in [4.69, 9.17) is 4.74 Å². The first-order valence-corrected chi connectivity index (χ1v) is 7.92. The molecular formula is C13H15N3O2S2. The first-order chi connectivity index (χ1) is 9.70. The Labute approximate surface area is 125 Å². The topological polar surface area (TPSA) is 64.1 Å². The second kappa shape index (κ2) is 7.25. The quantitative estimate of drug-likeness (QED) is 0.831. The molecule has 0 bridgehead atoms. The van der Waals surface area contributed by atoms with Gasteiger partial charge in [-0.1, -0.05) is 35.2 Å². The van der Waals surface area contributed by atoms with Gasteiger partial charge < -0.3 is 10.1 Å². The van der Waals surface area contributed by atoms with Crippen LogP contribution in [0.4, 0.5) is 5.69 Å². The van der Waals surface area contributed by atoms with E-state index >= 15 is 0 Å². The average Bonchev–Trinajstić information content (AvgIpc) is 2.94. The van der Waals surface area contributed by atoms with Crippen LogP contribution in [0.2, 0.25) is 0 Å². The summed E-state index contributed by atoms with van der Waals surface area (Å²) in [7, 11) is 0. The van der Waals surface area contributed by atoms with Gasteiger partial charge in [0, 0.05) is 0 Å². The maximum Gasteiger partial charge on any atom is 0.237 e. The first kappa shape index (κ1) is 14.8. The van der Waals surface area contributed by atoms with Gasteiger partial charge in [0.1, 0.15) is 11.3 Å². The largest absolute Gasteiger partial charge is 0.492 e. The van der Waals surface area contributed by atoms with Crippen molar-refractivity contribution < 1.29 is 9.53 Å². The van der Waals surface area contributed by atoms with E-state index in [1.807, 2.05) is 38.1 Å². The van der Waals surface area contributed by atoms with Gasteiger partial charge in [-0.2, -0.15) is 0 Å². The van der Waals surface area contributed by atoms with Crippen molar-refractivity contribution in [3.8, 4) is 5.75 Å². The van der Waals surface area contributed by atoms with Crippen LogP contribution in [0.25, 0.3) is 0 Å². The molecule has 0 spiro atoms. The van der Waals surface area contributed by atoms with Crippen molar-refractivity contribution in [2.75, 3.05) is 11.9 Å². The second-order valence-electron chi connectivity index (χ2n) is 3.88. The Hall–Kier alpha value is -1.60. The van der Waals surface area contributed by atoms with Crippen molar-refractivity contribution in [1.29, 1.82) is 0 Å². The van der Waals surface area contributed by atoms with Crippen LogP contribution in [0.5, 0.6) is 5.75 Å². The molecule has 1 amide bonds. The minimum atomic E-state index is -0.252. The molecule has 0 aliphatic heterocycles. The molecule has 106 valence electrons. The van der Waals surface area contributed by atoms with Crippen molar-refractivity contribution in [2.45, 2.75) is 23.4 Å². The molecule has 7 heteroatoms. The summed E-state index contributed by atoms with van der Waals surface area (Å²) in [5.41, 5.74) is 2.33. The SMILES string of the molecule is CCOc1ccccc1NC(=O)[C@H](C)Sc1nncs1. The number of carbonyl (C=O) groups excluding carboxylic acids is 1. The van der Waals surface area contributed by atoms with E-state index in [-0.39, 0.29) is 11.2 Å². The molecule has 0 radical (unpaired) electrons. The highest BCUT2D eigenvalue weighted by Crippen LogP contribution is 2.27. The molecule has 1 aromatic heterocycles. The molecule has 1 N–H and O–H groups in total. The molecule has 20 heavy (non-hydrogen) atoms. The lowest BCUT2D eigenvalue weighted by Crippen LogP contribution is -2.22. The third-order valence-corrected chi connectivity index (χ3v) is 4.34. The molecule has 0 unspecified atom stereocenters. The number of thioether (sulfide) groups is 1. The van der Waals surface area contributed by atoms with Gasteiger partial charge in [0.25, 0.3) is 0 Å². The molecule has 1 aromatic carbocycles. The van der Waals surface area contributed by atoms with E-state index in [1.54, 1.807) is 5.51 Å². The van der Waals surface area contributed by atoms with Crippen LogP contribution in [0.15, 0.2) is 34.1 Å². The third kappa shape index (κ3) is 3.94. The maximum absolute atomic E-state index is 12.2. The predicted octanol–water partition coefficient (Wildman–Crippen LogP) is 3.06. The molecule has 5 nitrogen and oxygen atoms in total. The monoisotopic (exact) mass is 309 g/mol. The Morgan fingerprint density at radius 1 is 1.50 bits per heavy atom. The minimum absolute atomic E-state index is 0.0858. The summed E-state index contributed by atoms with van der Waals surface area (Å²) in [6, 6.07) is 7.40. The van der Waals surface area contributed by atoms with Crippen molar-refractivity contribution in [3.05, 3.63) is 29.8 Å². The number of nitrogens with one attached hydrogen (secondary N) is 1. The van der Waals surface area contributed by atoms with Gasteiger partial charge in [-0.25, -0.2) is 0 Å². The molecule has 0 aliphatic carbocycles. The molecule has 0 aliphatic rings. The number of benzene rings is 1. The van der Waals surface area contributed by atoms with Gasteiger partial charge in [0.05, 0.1) is 17.5 Å². The molecule has 0 fully saturated rings. The number of rotatable bonds is 6. The summed E-state index contributed by atoms with van der Waals surface area (Å²) >= 11 is 2.81. The summed E-state index contributed by atoms with van der Waals surface area (Å²) in [5.74, 6) is 0.591. The zero-order valence-electron chi connectivity index (χ0n) is 11.2. The molecule has 2 rings (SSSR count). The Balaban J connectivity index is 2.00.